The zero-order valence-electron chi connectivity index (χ0n) is 16.0. The Labute approximate surface area is 173 Å². The van der Waals surface area contributed by atoms with E-state index in [0.29, 0.717) is 23.0 Å². The molecule has 3 aromatic rings. The van der Waals surface area contributed by atoms with E-state index in [1.807, 2.05) is 31.4 Å². The molecule has 0 atom stereocenters. The molecule has 2 aromatic heterocycles. The maximum Gasteiger partial charge on any atom is 0.224 e. The Balaban J connectivity index is 1.66. The van der Waals surface area contributed by atoms with Gasteiger partial charge in [0.1, 0.15) is 12.2 Å². The highest BCUT2D eigenvalue weighted by molar-refractivity contribution is 6.42. The normalized spacial score (nSPS) is 11.0. The van der Waals surface area contributed by atoms with Gasteiger partial charge in [0.15, 0.2) is 0 Å². The van der Waals surface area contributed by atoms with Crippen molar-refractivity contribution < 1.29 is 4.79 Å². The van der Waals surface area contributed by atoms with Crippen LogP contribution < -0.4 is 5.32 Å². The third kappa shape index (κ3) is 4.36. The van der Waals surface area contributed by atoms with Crippen molar-refractivity contribution in [2.45, 2.75) is 40.2 Å². The van der Waals surface area contributed by atoms with Crippen molar-refractivity contribution in [3.05, 3.63) is 57.3 Å². The molecule has 1 aromatic carbocycles. The number of aryl methyl sites for hydroxylation is 2. The van der Waals surface area contributed by atoms with Crippen LogP contribution in [0.4, 0.5) is 0 Å². The molecule has 148 valence electrons. The van der Waals surface area contributed by atoms with E-state index >= 15 is 0 Å². The fourth-order valence-electron chi connectivity index (χ4n) is 3.07. The second-order valence-electron chi connectivity index (χ2n) is 6.47. The molecule has 0 unspecified atom stereocenters. The summed E-state index contributed by atoms with van der Waals surface area (Å²) in [6.07, 6.45) is 2.60. The van der Waals surface area contributed by atoms with Gasteiger partial charge in [-0.1, -0.05) is 23.2 Å². The summed E-state index contributed by atoms with van der Waals surface area (Å²) in [5, 5.41) is 16.4. The molecule has 0 aliphatic heterocycles. The molecule has 0 aliphatic carbocycles. The standard InChI is InChI=1S/C19H22Cl2N6O/c1-4-26-11-23-24-18(26)7-8-22-19(28)10-15-12(2)25-27(13(15)3)14-5-6-16(20)17(21)9-14/h5-6,9,11H,4,7-8,10H2,1-3H3,(H,22,28). The lowest BCUT2D eigenvalue weighted by Crippen LogP contribution is -2.28. The molecule has 0 radical (unpaired) electrons. The van der Waals surface area contributed by atoms with E-state index in [1.165, 1.54) is 0 Å². The number of halogens is 2. The first-order chi connectivity index (χ1) is 13.4. The first-order valence-electron chi connectivity index (χ1n) is 9.04. The largest absolute Gasteiger partial charge is 0.355 e. The molecule has 1 amide bonds. The molecule has 7 nitrogen and oxygen atoms in total. The number of carbonyl (C=O) groups is 1. The first kappa shape index (κ1) is 20.4. The Kier molecular flexibility index (Phi) is 6.36. The van der Waals surface area contributed by atoms with Gasteiger partial charge in [0.05, 0.1) is 27.8 Å². The molecule has 3 rings (SSSR count). The van der Waals surface area contributed by atoms with Gasteiger partial charge in [0.25, 0.3) is 0 Å². The number of hydrogen-bond donors (Lipinski definition) is 1. The van der Waals surface area contributed by atoms with E-state index in [0.717, 1.165) is 35.0 Å². The first-order valence-corrected chi connectivity index (χ1v) is 9.80. The lowest BCUT2D eigenvalue weighted by Gasteiger charge is -2.08. The Morgan fingerprint density at radius 2 is 2.00 bits per heavy atom. The fourth-order valence-corrected chi connectivity index (χ4v) is 3.36. The Bertz CT molecular complexity index is 994. The summed E-state index contributed by atoms with van der Waals surface area (Å²) >= 11 is 12.1. The lowest BCUT2D eigenvalue weighted by molar-refractivity contribution is -0.120. The van der Waals surface area contributed by atoms with E-state index in [-0.39, 0.29) is 12.3 Å². The summed E-state index contributed by atoms with van der Waals surface area (Å²) in [4.78, 5) is 12.4. The number of nitrogens with one attached hydrogen (secondary N) is 1. The molecule has 0 fully saturated rings. The van der Waals surface area contributed by atoms with E-state index in [4.69, 9.17) is 23.2 Å². The SMILES string of the molecule is CCn1cnnc1CCNC(=O)Cc1c(C)nn(-c2ccc(Cl)c(Cl)c2)c1C. The zero-order chi connectivity index (χ0) is 20.3. The molecule has 0 saturated heterocycles. The summed E-state index contributed by atoms with van der Waals surface area (Å²) in [6.45, 7) is 7.18. The summed E-state index contributed by atoms with van der Waals surface area (Å²) in [5.41, 5.74) is 3.42. The van der Waals surface area contributed by atoms with Crippen molar-refractivity contribution in [1.29, 1.82) is 0 Å². The maximum atomic E-state index is 12.4. The fraction of sp³-hybridized carbons (Fsp3) is 0.368. The predicted molar refractivity (Wildman–Crippen MR) is 109 cm³/mol. The average molecular weight is 421 g/mol. The highest BCUT2D eigenvalue weighted by Gasteiger charge is 2.16. The number of amides is 1. The Morgan fingerprint density at radius 1 is 1.21 bits per heavy atom. The quantitative estimate of drug-likeness (QED) is 0.635. The molecular weight excluding hydrogens is 399 g/mol. The molecule has 0 bridgehead atoms. The van der Waals surface area contributed by atoms with Crippen molar-refractivity contribution in [2.24, 2.45) is 0 Å². The predicted octanol–water partition coefficient (Wildman–Crippen LogP) is 3.31. The van der Waals surface area contributed by atoms with E-state index in [1.54, 1.807) is 23.1 Å². The summed E-state index contributed by atoms with van der Waals surface area (Å²) in [5.74, 6) is 0.810. The van der Waals surface area contributed by atoms with Gasteiger partial charge >= 0.3 is 0 Å². The Hall–Kier alpha value is -2.38. The molecule has 0 aliphatic rings. The van der Waals surface area contributed by atoms with Crippen molar-refractivity contribution >= 4 is 29.1 Å². The number of aromatic nitrogens is 5. The highest BCUT2D eigenvalue weighted by Crippen LogP contribution is 2.26. The molecule has 0 spiro atoms. The molecule has 1 N–H and O–H groups in total. The molecule has 9 heteroatoms. The van der Waals surface area contributed by atoms with Crippen LogP contribution in [0, 0.1) is 13.8 Å². The van der Waals surface area contributed by atoms with Gasteiger partial charge in [-0.05, 0) is 39.0 Å². The minimum Gasteiger partial charge on any atom is -0.355 e. The van der Waals surface area contributed by atoms with Crippen LogP contribution in [0.1, 0.15) is 29.7 Å². The van der Waals surface area contributed by atoms with Crippen LogP contribution in [0.3, 0.4) is 0 Å². The third-order valence-electron chi connectivity index (χ3n) is 4.63. The minimum atomic E-state index is -0.0533. The van der Waals surface area contributed by atoms with Gasteiger partial charge in [0, 0.05) is 30.8 Å². The minimum absolute atomic E-state index is 0.0533. The van der Waals surface area contributed by atoms with E-state index in [2.05, 4.69) is 20.6 Å². The van der Waals surface area contributed by atoms with Crippen LogP contribution in [0.25, 0.3) is 5.69 Å². The van der Waals surface area contributed by atoms with Crippen LogP contribution in [-0.2, 0) is 24.2 Å². The lowest BCUT2D eigenvalue weighted by atomic mass is 10.1. The van der Waals surface area contributed by atoms with Gasteiger partial charge in [-0.15, -0.1) is 10.2 Å². The zero-order valence-corrected chi connectivity index (χ0v) is 17.5. The van der Waals surface area contributed by atoms with Crippen molar-refractivity contribution in [3.63, 3.8) is 0 Å². The van der Waals surface area contributed by atoms with E-state index < -0.39 is 0 Å². The number of carbonyl (C=O) groups excluding carboxylic acids is 1. The van der Waals surface area contributed by atoms with Gasteiger partial charge in [-0.3, -0.25) is 4.79 Å². The maximum absolute atomic E-state index is 12.4. The monoisotopic (exact) mass is 420 g/mol. The van der Waals surface area contributed by atoms with Crippen LogP contribution in [0.5, 0.6) is 0 Å². The molecule has 0 saturated carbocycles. The summed E-state index contributed by atoms with van der Waals surface area (Å²) in [7, 11) is 0. The molecular formula is C19H22Cl2N6O. The van der Waals surface area contributed by atoms with Gasteiger partial charge in [0.2, 0.25) is 5.91 Å². The van der Waals surface area contributed by atoms with Crippen molar-refractivity contribution in [1.82, 2.24) is 29.9 Å². The summed E-state index contributed by atoms with van der Waals surface area (Å²) in [6, 6.07) is 5.34. The van der Waals surface area contributed by atoms with E-state index in [9.17, 15) is 4.79 Å². The number of benzene rings is 1. The molecule has 2 heterocycles. The van der Waals surface area contributed by atoms with Crippen molar-refractivity contribution in [3.8, 4) is 5.69 Å². The second kappa shape index (κ2) is 8.75. The molecule has 28 heavy (non-hydrogen) atoms. The van der Waals surface area contributed by atoms with Gasteiger partial charge in [-0.2, -0.15) is 5.10 Å². The van der Waals surface area contributed by atoms with Gasteiger partial charge < -0.3 is 9.88 Å². The van der Waals surface area contributed by atoms with Gasteiger partial charge in [-0.25, -0.2) is 4.68 Å². The second-order valence-corrected chi connectivity index (χ2v) is 7.28. The van der Waals surface area contributed by atoms with Crippen LogP contribution in [0.2, 0.25) is 10.0 Å². The number of rotatable bonds is 7. The van der Waals surface area contributed by atoms with Crippen LogP contribution >= 0.6 is 23.2 Å². The smallest absolute Gasteiger partial charge is 0.224 e. The average Bonchev–Trinajstić information content (AvgIpc) is 3.23. The Morgan fingerprint density at radius 3 is 2.71 bits per heavy atom. The third-order valence-corrected chi connectivity index (χ3v) is 5.37. The highest BCUT2D eigenvalue weighted by atomic mass is 35.5. The summed E-state index contributed by atoms with van der Waals surface area (Å²) < 4.78 is 3.74. The topological polar surface area (TPSA) is 77.6 Å². The van der Waals surface area contributed by atoms with Crippen LogP contribution in [-0.4, -0.2) is 37.0 Å². The van der Waals surface area contributed by atoms with Crippen molar-refractivity contribution in [2.75, 3.05) is 6.54 Å². The number of hydrogen-bond acceptors (Lipinski definition) is 4. The van der Waals surface area contributed by atoms with Crippen LogP contribution in [0.15, 0.2) is 24.5 Å². The number of nitrogens with zero attached hydrogens (tertiary/aromatic N) is 5.